The Kier molecular flexibility index (Phi) is 11.4. The highest BCUT2D eigenvalue weighted by atomic mass is 35.5. The third-order valence-electron chi connectivity index (χ3n) is 7.86. The van der Waals surface area contributed by atoms with Crippen LogP contribution in [0.3, 0.4) is 0 Å². The van der Waals surface area contributed by atoms with Gasteiger partial charge in [0.2, 0.25) is 11.8 Å². The topological polar surface area (TPSA) is 86.8 Å². The molecule has 1 N–H and O–H groups in total. The van der Waals surface area contributed by atoms with Crippen LogP contribution in [0.25, 0.3) is 0 Å². The zero-order chi connectivity index (χ0) is 32.6. The molecule has 4 aromatic rings. The minimum atomic E-state index is -4.21. The van der Waals surface area contributed by atoms with Crippen molar-refractivity contribution in [2.75, 3.05) is 10.8 Å². The molecular weight excluding hydrogens is 606 g/mol. The maximum absolute atomic E-state index is 14.6. The van der Waals surface area contributed by atoms with Crippen LogP contribution in [0.4, 0.5) is 5.69 Å². The summed E-state index contributed by atoms with van der Waals surface area (Å²) in [5.74, 6) is -0.821. The van der Waals surface area contributed by atoms with E-state index in [1.165, 1.54) is 17.0 Å². The number of carbonyl (C=O) groups is 2. The second kappa shape index (κ2) is 15.2. The minimum absolute atomic E-state index is 0.0465. The van der Waals surface area contributed by atoms with Crippen LogP contribution in [0, 0.1) is 13.8 Å². The molecule has 0 unspecified atom stereocenters. The van der Waals surface area contributed by atoms with Crippen molar-refractivity contribution in [2.45, 2.75) is 64.1 Å². The summed E-state index contributed by atoms with van der Waals surface area (Å²) in [6.07, 6.45) is 0.968. The van der Waals surface area contributed by atoms with E-state index in [-0.39, 0.29) is 29.8 Å². The van der Waals surface area contributed by atoms with Crippen molar-refractivity contribution in [3.05, 3.63) is 130 Å². The molecule has 236 valence electrons. The summed E-state index contributed by atoms with van der Waals surface area (Å²) in [6.45, 7) is 7.06. The van der Waals surface area contributed by atoms with Crippen molar-refractivity contribution in [3.8, 4) is 0 Å². The predicted octanol–water partition coefficient (Wildman–Crippen LogP) is 6.71. The molecule has 0 saturated carbocycles. The predicted molar refractivity (Wildman–Crippen MR) is 181 cm³/mol. The van der Waals surface area contributed by atoms with Gasteiger partial charge in [0.05, 0.1) is 10.6 Å². The summed E-state index contributed by atoms with van der Waals surface area (Å²) in [6, 6.07) is 29.3. The third kappa shape index (κ3) is 8.53. The molecular formula is C36H40ClN3O4S. The van der Waals surface area contributed by atoms with E-state index < -0.39 is 28.5 Å². The summed E-state index contributed by atoms with van der Waals surface area (Å²) in [5, 5.41) is 3.43. The smallest absolute Gasteiger partial charge is 0.264 e. The van der Waals surface area contributed by atoms with Gasteiger partial charge < -0.3 is 10.2 Å². The Morgan fingerprint density at radius 2 is 1.42 bits per heavy atom. The highest BCUT2D eigenvalue weighted by Crippen LogP contribution is 2.31. The van der Waals surface area contributed by atoms with E-state index in [2.05, 4.69) is 5.32 Å². The Hall–Kier alpha value is -4.14. The molecule has 0 spiro atoms. The molecule has 4 aromatic carbocycles. The average molecular weight is 646 g/mol. The Morgan fingerprint density at radius 1 is 0.822 bits per heavy atom. The SMILES string of the molecule is CC[C@H](C)NC(=O)[C@H](Cc1ccccc1)N(Cc1ccccc1)C(=O)CN(c1cccc(Cl)c1C)S(=O)(=O)c1ccc(C)cc1. The molecule has 0 saturated heterocycles. The molecule has 0 aromatic heterocycles. The van der Waals surface area contributed by atoms with Crippen molar-refractivity contribution in [1.82, 2.24) is 10.2 Å². The monoisotopic (exact) mass is 645 g/mol. The quantitative estimate of drug-likeness (QED) is 0.175. The number of rotatable bonds is 13. The summed E-state index contributed by atoms with van der Waals surface area (Å²) in [5.41, 5.74) is 3.41. The van der Waals surface area contributed by atoms with Gasteiger partial charge in [0.15, 0.2) is 0 Å². The van der Waals surface area contributed by atoms with Gasteiger partial charge in [0.25, 0.3) is 10.0 Å². The van der Waals surface area contributed by atoms with Crippen LogP contribution in [-0.2, 0) is 32.6 Å². The van der Waals surface area contributed by atoms with Gasteiger partial charge in [-0.1, -0.05) is 103 Å². The van der Waals surface area contributed by atoms with Gasteiger partial charge in [-0.3, -0.25) is 13.9 Å². The van der Waals surface area contributed by atoms with Gasteiger partial charge >= 0.3 is 0 Å². The number of nitrogens with one attached hydrogen (secondary N) is 1. The Labute approximate surface area is 271 Å². The Bertz CT molecular complexity index is 1700. The lowest BCUT2D eigenvalue weighted by Crippen LogP contribution is -2.54. The molecule has 2 atom stereocenters. The molecule has 2 amide bonds. The number of halogens is 1. The molecule has 7 nitrogen and oxygen atoms in total. The number of nitrogens with zero attached hydrogens (tertiary/aromatic N) is 2. The Morgan fingerprint density at radius 3 is 2.02 bits per heavy atom. The van der Waals surface area contributed by atoms with Crippen molar-refractivity contribution < 1.29 is 18.0 Å². The first-order chi connectivity index (χ1) is 21.5. The second-order valence-corrected chi connectivity index (χ2v) is 13.5. The number of hydrogen-bond acceptors (Lipinski definition) is 4. The minimum Gasteiger partial charge on any atom is -0.352 e. The fraction of sp³-hybridized carbons (Fsp3) is 0.278. The Balaban J connectivity index is 1.82. The van der Waals surface area contributed by atoms with Crippen molar-refractivity contribution >= 4 is 39.1 Å². The number of amides is 2. The largest absolute Gasteiger partial charge is 0.352 e. The first kappa shape index (κ1) is 33.7. The van der Waals surface area contributed by atoms with Crippen LogP contribution in [0.15, 0.2) is 108 Å². The normalized spacial score (nSPS) is 12.6. The highest BCUT2D eigenvalue weighted by Gasteiger charge is 2.35. The first-order valence-electron chi connectivity index (χ1n) is 15.0. The van der Waals surface area contributed by atoms with Crippen LogP contribution in [0.2, 0.25) is 5.02 Å². The highest BCUT2D eigenvalue weighted by molar-refractivity contribution is 7.92. The standard InChI is InChI=1S/C36H40ClN3O4S/c1-5-27(3)38-36(42)34(23-29-13-8-6-9-14-29)39(24-30-15-10-7-11-16-30)35(41)25-40(33-18-12-17-32(37)28(33)4)45(43,44)31-21-19-26(2)20-22-31/h6-22,27,34H,5,23-25H2,1-4H3,(H,38,42)/t27-,34-/m0/s1. The number of hydrogen-bond donors (Lipinski definition) is 1. The molecule has 0 fully saturated rings. The zero-order valence-electron chi connectivity index (χ0n) is 26.1. The first-order valence-corrected chi connectivity index (χ1v) is 16.8. The fourth-order valence-corrected chi connectivity index (χ4v) is 6.63. The lowest BCUT2D eigenvalue weighted by Gasteiger charge is -2.34. The number of carbonyl (C=O) groups excluding carboxylic acids is 2. The lowest BCUT2D eigenvalue weighted by atomic mass is 10.0. The fourth-order valence-electron chi connectivity index (χ4n) is 4.99. The summed E-state index contributed by atoms with van der Waals surface area (Å²) in [7, 11) is -4.21. The van der Waals surface area contributed by atoms with Crippen molar-refractivity contribution in [2.24, 2.45) is 0 Å². The molecule has 0 bridgehead atoms. The second-order valence-electron chi connectivity index (χ2n) is 11.2. The third-order valence-corrected chi connectivity index (χ3v) is 10.0. The number of anilines is 1. The average Bonchev–Trinajstić information content (AvgIpc) is 3.04. The maximum Gasteiger partial charge on any atom is 0.264 e. The van der Waals surface area contributed by atoms with Gasteiger partial charge in [-0.25, -0.2) is 8.42 Å². The van der Waals surface area contributed by atoms with Crippen molar-refractivity contribution in [3.63, 3.8) is 0 Å². The number of aryl methyl sites for hydroxylation is 1. The molecule has 0 aliphatic rings. The van der Waals surface area contributed by atoms with Gasteiger partial charge in [-0.15, -0.1) is 0 Å². The van der Waals surface area contributed by atoms with Gasteiger partial charge in [-0.05, 0) is 68.1 Å². The van der Waals surface area contributed by atoms with Gasteiger partial charge in [0, 0.05) is 24.0 Å². The zero-order valence-corrected chi connectivity index (χ0v) is 27.7. The van der Waals surface area contributed by atoms with Crippen LogP contribution in [0.5, 0.6) is 0 Å². The van der Waals surface area contributed by atoms with Crippen molar-refractivity contribution in [1.29, 1.82) is 0 Å². The maximum atomic E-state index is 14.6. The van der Waals surface area contributed by atoms with Crippen LogP contribution < -0.4 is 9.62 Å². The number of benzene rings is 4. The van der Waals surface area contributed by atoms with Crippen LogP contribution >= 0.6 is 11.6 Å². The lowest BCUT2D eigenvalue weighted by molar-refractivity contribution is -0.140. The van der Waals surface area contributed by atoms with E-state index >= 15 is 0 Å². The van der Waals surface area contributed by atoms with Crippen LogP contribution in [0.1, 0.15) is 42.5 Å². The van der Waals surface area contributed by atoms with E-state index in [4.69, 9.17) is 11.6 Å². The molecule has 4 rings (SSSR count). The van der Waals surface area contributed by atoms with Crippen LogP contribution in [-0.4, -0.2) is 43.8 Å². The van der Waals surface area contributed by atoms with Gasteiger partial charge in [-0.2, -0.15) is 0 Å². The molecule has 0 aliphatic heterocycles. The van der Waals surface area contributed by atoms with Gasteiger partial charge in [0.1, 0.15) is 12.6 Å². The van der Waals surface area contributed by atoms with E-state index in [1.54, 1.807) is 37.3 Å². The van der Waals surface area contributed by atoms with E-state index in [0.717, 1.165) is 21.0 Å². The number of sulfonamides is 1. The summed E-state index contributed by atoms with van der Waals surface area (Å²) < 4.78 is 29.6. The van der Waals surface area contributed by atoms with E-state index in [9.17, 15) is 18.0 Å². The summed E-state index contributed by atoms with van der Waals surface area (Å²) >= 11 is 6.46. The molecule has 45 heavy (non-hydrogen) atoms. The molecule has 0 aliphatic carbocycles. The summed E-state index contributed by atoms with van der Waals surface area (Å²) in [4.78, 5) is 30.0. The molecule has 0 heterocycles. The van der Waals surface area contributed by atoms with E-state index in [1.807, 2.05) is 81.4 Å². The molecule has 9 heteroatoms. The molecule has 0 radical (unpaired) electrons. The van der Waals surface area contributed by atoms with E-state index in [0.29, 0.717) is 22.7 Å².